The van der Waals surface area contributed by atoms with E-state index in [4.69, 9.17) is 5.11 Å². The minimum Gasteiger partial charge on any atom is -0.480 e. The van der Waals surface area contributed by atoms with Crippen LogP contribution < -0.4 is 0 Å². The van der Waals surface area contributed by atoms with Gasteiger partial charge in [-0.05, 0) is 26.7 Å². The van der Waals surface area contributed by atoms with Crippen molar-refractivity contribution < 1.29 is 23.4 Å². The maximum atomic E-state index is 11.4. The minimum absolute atomic E-state index is 0.0200. The molecule has 1 heterocycles. The second-order valence-corrected chi connectivity index (χ2v) is 7.71. The van der Waals surface area contributed by atoms with Gasteiger partial charge in [0.05, 0.1) is 23.7 Å². The number of carboxylic acids is 1. The zero-order valence-corrected chi connectivity index (χ0v) is 11.6. The van der Waals surface area contributed by atoms with Crippen molar-refractivity contribution in [2.45, 2.75) is 38.3 Å². The number of carbonyl (C=O) groups is 1. The molecule has 0 amide bonds. The summed E-state index contributed by atoms with van der Waals surface area (Å²) >= 11 is 0. The van der Waals surface area contributed by atoms with E-state index in [1.54, 1.807) is 18.7 Å². The largest absolute Gasteiger partial charge is 0.480 e. The van der Waals surface area contributed by atoms with Crippen LogP contribution in [0.5, 0.6) is 0 Å². The number of hydrogen-bond donors (Lipinski definition) is 2. The van der Waals surface area contributed by atoms with E-state index in [1.807, 2.05) is 0 Å². The van der Waals surface area contributed by atoms with Crippen molar-refractivity contribution in [2.75, 3.05) is 24.6 Å². The van der Waals surface area contributed by atoms with Gasteiger partial charge in [0.1, 0.15) is 0 Å². The molecular formula is C11H21NO5S. The molecule has 0 aliphatic carbocycles. The molecule has 1 unspecified atom stereocenters. The number of rotatable bonds is 6. The Morgan fingerprint density at radius 2 is 2.06 bits per heavy atom. The molecular weight excluding hydrogens is 258 g/mol. The lowest BCUT2D eigenvalue weighted by molar-refractivity contribution is -0.139. The Morgan fingerprint density at radius 1 is 1.44 bits per heavy atom. The summed E-state index contributed by atoms with van der Waals surface area (Å²) in [5.74, 6) is -0.836. The summed E-state index contributed by atoms with van der Waals surface area (Å²) in [7, 11) is -3.03. The van der Waals surface area contributed by atoms with Crippen molar-refractivity contribution in [3.05, 3.63) is 0 Å². The molecule has 0 aromatic carbocycles. The summed E-state index contributed by atoms with van der Waals surface area (Å²) in [6.45, 7) is 3.50. The van der Waals surface area contributed by atoms with E-state index in [0.29, 0.717) is 19.4 Å². The zero-order valence-electron chi connectivity index (χ0n) is 10.8. The number of nitrogens with zero attached hydrogens (tertiary/aromatic N) is 1. The van der Waals surface area contributed by atoms with Crippen LogP contribution in [0.1, 0.15) is 26.7 Å². The quantitative estimate of drug-likeness (QED) is 0.694. The van der Waals surface area contributed by atoms with E-state index < -0.39 is 21.4 Å². The second-order valence-electron chi connectivity index (χ2n) is 5.48. The third-order valence-electron chi connectivity index (χ3n) is 3.07. The van der Waals surface area contributed by atoms with Crippen LogP contribution in [0.25, 0.3) is 0 Å². The highest BCUT2D eigenvalue weighted by molar-refractivity contribution is 7.91. The van der Waals surface area contributed by atoms with Crippen molar-refractivity contribution in [3.63, 3.8) is 0 Å². The van der Waals surface area contributed by atoms with Crippen molar-refractivity contribution in [1.82, 2.24) is 4.90 Å². The first kappa shape index (κ1) is 15.4. The van der Waals surface area contributed by atoms with Crippen molar-refractivity contribution in [1.29, 1.82) is 0 Å². The van der Waals surface area contributed by atoms with Crippen LogP contribution >= 0.6 is 0 Å². The van der Waals surface area contributed by atoms with Gasteiger partial charge in [0.25, 0.3) is 0 Å². The highest BCUT2D eigenvalue weighted by Gasteiger charge is 2.33. The van der Waals surface area contributed by atoms with Crippen molar-refractivity contribution in [2.24, 2.45) is 0 Å². The van der Waals surface area contributed by atoms with Gasteiger partial charge in [-0.25, -0.2) is 8.42 Å². The maximum absolute atomic E-state index is 11.4. The lowest BCUT2D eigenvalue weighted by Gasteiger charge is -2.29. The molecule has 1 rings (SSSR count). The molecule has 1 aliphatic heterocycles. The Labute approximate surface area is 108 Å². The second kappa shape index (κ2) is 5.54. The Balaban J connectivity index is 2.64. The summed E-state index contributed by atoms with van der Waals surface area (Å²) in [4.78, 5) is 12.4. The van der Waals surface area contributed by atoms with E-state index >= 15 is 0 Å². The Morgan fingerprint density at radius 3 is 2.44 bits per heavy atom. The molecule has 0 aromatic heterocycles. The number of sulfone groups is 1. The molecule has 6 nitrogen and oxygen atoms in total. The molecule has 1 aliphatic rings. The molecule has 1 atom stereocenters. The van der Waals surface area contributed by atoms with Crippen LogP contribution in [0.3, 0.4) is 0 Å². The minimum atomic E-state index is -3.03. The molecule has 2 N–H and O–H groups in total. The molecule has 0 bridgehead atoms. The molecule has 1 saturated heterocycles. The van der Waals surface area contributed by atoms with Gasteiger partial charge in [0.15, 0.2) is 9.84 Å². The van der Waals surface area contributed by atoms with Gasteiger partial charge >= 0.3 is 5.97 Å². The summed E-state index contributed by atoms with van der Waals surface area (Å²) in [6.07, 6.45) is 0.887. The predicted molar refractivity (Wildman–Crippen MR) is 67.2 cm³/mol. The Kier molecular flexibility index (Phi) is 4.74. The fourth-order valence-corrected chi connectivity index (χ4v) is 3.81. The van der Waals surface area contributed by atoms with Crippen LogP contribution in [-0.4, -0.2) is 65.7 Å². The van der Waals surface area contributed by atoms with Gasteiger partial charge in [0.2, 0.25) is 0 Å². The Hall–Kier alpha value is -0.660. The van der Waals surface area contributed by atoms with Gasteiger partial charge in [0, 0.05) is 12.6 Å². The van der Waals surface area contributed by atoms with Crippen LogP contribution in [0, 0.1) is 0 Å². The highest BCUT2D eigenvalue weighted by Crippen LogP contribution is 2.19. The third kappa shape index (κ3) is 5.32. The first-order valence-corrected chi connectivity index (χ1v) is 7.80. The molecule has 1 fully saturated rings. The molecule has 0 radical (unpaired) electrons. The molecule has 0 spiro atoms. The molecule has 106 valence electrons. The molecule has 0 saturated carbocycles. The van der Waals surface area contributed by atoms with Crippen molar-refractivity contribution in [3.8, 4) is 0 Å². The monoisotopic (exact) mass is 279 g/mol. The van der Waals surface area contributed by atoms with E-state index in [9.17, 15) is 18.3 Å². The van der Waals surface area contributed by atoms with Crippen LogP contribution in [-0.2, 0) is 14.6 Å². The van der Waals surface area contributed by atoms with Gasteiger partial charge in [-0.15, -0.1) is 0 Å². The summed E-state index contributed by atoms with van der Waals surface area (Å²) < 4.78 is 22.8. The van der Waals surface area contributed by atoms with Crippen LogP contribution in [0.4, 0.5) is 0 Å². The number of hydrogen-bond acceptors (Lipinski definition) is 5. The normalized spacial score (nSPS) is 23.4. The summed E-state index contributed by atoms with van der Waals surface area (Å²) in [6, 6.07) is -0.242. The van der Waals surface area contributed by atoms with Gasteiger partial charge in [-0.1, -0.05) is 0 Å². The van der Waals surface area contributed by atoms with Crippen LogP contribution in [0.2, 0.25) is 0 Å². The van der Waals surface area contributed by atoms with Crippen molar-refractivity contribution >= 4 is 15.8 Å². The first-order valence-electron chi connectivity index (χ1n) is 5.98. The SMILES string of the molecule is CC(C)(O)CCN(CC(=O)O)C1CCS(=O)(=O)C1. The number of aliphatic carboxylic acids is 1. The average molecular weight is 279 g/mol. The number of carboxylic acid groups (broad SMARTS) is 1. The highest BCUT2D eigenvalue weighted by atomic mass is 32.2. The molecule has 18 heavy (non-hydrogen) atoms. The van der Waals surface area contributed by atoms with Gasteiger partial charge in [-0.2, -0.15) is 0 Å². The molecule has 7 heteroatoms. The Bertz CT molecular complexity index is 398. The predicted octanol–water partition coefficient (Wildman–Crippen LogP) is -0.279. The third-order valence-corrected chi connectivity index (χ3v) is 4.82. The van der Waals surface area contributed by atoms with E-state index in [2.05, 4.69) is 0 Å². The standard InChI is InChI=1S/C11H21NO5S/c1-11(2,15)4-5-12(7-10(13)14)9-3-6-18(16,17)8-9/h9,15H,3-8H2,1-2H3,(H,13,14). The van der Waals surface area contributed by atoms with E-state index in [-0.39, 0.29) is 24.1 Å². The topological polar surface area (TPSA) is 94.9 Å². The summed E-state index contributed by atoms with van der Waals surface area (Å²) in [5, 5.41) is 18.5. The van der Waals surface area contributed by atoms with Crippen LogP contribution in [0.15, 0.2) is 0 Å². The van der Waals surface area contributed by atoms with E-state index in [1.165, 1.54) is 0 Å². The molecule has 0 aromatic rings. The first-order chi connectivity index (χ1) is 8.09. The zero-order chi connectivity index (χ0) is 14.0. The number of aliphatic hydroxyl groups is 1. The smallest absolute Gasteiger partial charge is 0.317 e. The fraction of sp³-hybridized carbons (Fsp3) is 0.909. The van der Waals surface area contributed by atoms with Gasteiger partial charge in [-0.3, -0.25) is 9.69 Å². The lowest BCUT2D eigenvalue weighted by Crippen LogP contribution is -2.42. The average Bonchev–Trinajstić information content (AvgIpc) is 2.51. The fourth-order valence-electron chi connectivity index (χ4n) is 2.05. The lowest BCUT2D eigenvalue weighted by atomic mass is 10.0. The maximum Gasteiger partial charge on any atom is 0.317 e. The van der Waals surface area contributed by atoms with Gasteiger partial charge < -0.3 is 10.2 Å². The van der Waals surface area contributed by atoms with E-state index in [0.717, 1.165) is 0 Å². The summed E-state index contributed by atoms with van der Waals surface area (Å²) in [5.41, 5.74) is -0.881.